The second kappa shape index (κ2) is 6.55. The summed E-state index contributed by atoms with van der Waals surface area (Å²) in [5, 5.41) is -1.58. The van der Waals surface area contributed by atoms with Crippen molar-refractivity contribution in [2.45, 2.75) is 34.1 Å². The highest BCUT2D eigenvalue weighted by molar-refractivity contribution is 8.01. The van der Waals surface area contributed by atoms with Gasteiger partial charge in [-0.05, 0) is 30.9 Å². The molecule has 0 N–H and O–H groups in total. The molecule has 1 saturated heterocycles. The molecule has 1 fully saturated rings. The molecule has 4 rings (SSSR count). The van der Waals surface area contributed by atoms with E-state index in [1.165, 1.54) is 23.9 Å². The molecule has 0 spiro atoms. The van der Waals surface area contributed by atoms with Crippen molar-refractivity contribution in [3.63, 3.8) is 0 Å². The Labute approximate surface area is 178 Å². The van der Waals surface area contributed by atoms with Gasteiger partial charge in [-0.15, -0.1) is 0 Å². The average Bonchev–Trinajstić information content (AvgIpc) is 3.04. The zero-order valence-corrected chi connectivity index (χ0v) is 18.2. The number of thioether (sulfide) groups is 1. The summed E-state index contributed by atoms with van der Waals surface area (Å²) >= 11 is 14.2. The molecule has 0 aliphatic carbocycles. The molecule has 2 atom stereocenters. The minimum atomic E-state index is -4.26. The molecule has 148 valence electrons. The highest BCUT2D eigenvalue weighted by Crippen LogP contribution is 2.65. The Kier molecular flexibility index (Phi) is 4.65. The van der Waals surface area contributed by atoms with Crippen LogP contribution in [-0.2, 0) is 14.8 Å². The summed E-state index contributed by atoms with van der Waals surface area (Å²) in [6.45, 7) is 3.70. The van der Waals surface area contributed by atoms with E-state index in [-0.39, 0.29) is 4.90 Å². The Morgan fingerprint density at radius 3 is 2.43 bits per heavy atom. The van der Waals surface area contributed by atoms with Crippen LogP contribution < -0.4 is 4.74 Å². The van der Waals surface area contributed by atoms with Crippen LogP contribution in [0.3, 0.4) is 0 Å². The van der Waals surface area contributed by atoms with Crippen LogP contribution in [0.15, 0.2) is 53.4 Å². The van der Waals surface area contributed by atoms with Crippen molar-refractivity contribution in [3.05, 3.63) is 59.7 Å². The largest absolute Gasteiger partial charge is 0.456 e. The standard InChI is InChI=1S/C19H17Cl2NO4S2/c1-3-27-19-16(14-6-4-5-7-15(14)26-19)18(20,21)17(23)22(19)28(24,25)13-10-8-12(2)9-11-13/h4-11,16H,3H2,1-2H3/t16-,19+/m1/s1. The molecule has 2 aliphatic heterocycles. The Balaban J connectivity index is 1.95. The first-order chi connectivity index (χ1) is 13.2. The summed E-state index contributed by atoms with van der Waals surface area (Å²) in [4.78, 5) is 13.2. The van der Waals surface area contributed by atoms with E-state index in [2.05, 4.69) is 0 Å². The lowest BCUT2D eigenvalue weighted by atomic mass is 9.97. The number of sulfonamides is 1. The molecule has 28 heavy (non-hydrogen) atoms. The van der Waals surface area contributed by atoms with E-state index in [1.807, 2.05) is 13.8 Å². The molecule has 5 nitrogen and oxygen atoms in total. The van der Waals surface area contributed by atoms with Crippen LogP contribution in [0.5, 0.6) is 5.75 Å². The molecule has 2 aromatic rings. The van der Waals surface area contributed by atoms with E-state index in [9.17, 15) is 13.2 Å². The topological polar surface area (TPSA) is 63.7 Å². The van der Waals surface area contributed by atoms with E-state index in [4.69, 9.17) is 27.9 Å². The van der Waals surface area contributed by atoms with E-state index in [1.54, 1.807) is 36.4 Å². The number of carbonyl (C=O) groups excluding carboxylic acids is 1. The van der Waals surface area contributed by atoms with Crippen molar-refractivity contribution in [1.82, 2.24) is 4.31 Å². The molecule has 0 saturated carbocycles. The summed E-state index contributed by atoms with van der Waals surface area (Å²) in [6, 6.07) is 13.3. The molecule has 9 heteroatoms. The normalized spacial score (nSPS) is 25.4. The maximum atomic E-state index is 13.5. The maximum Gasteiger partial charge on any atom is 0.277 e. The molecule has 2 aromatic carbocycles. The van der Waals surface area contributed by atoms with E-state index < -0.39 is 31.2 Å². The summed E-state index contributed by atoms with van der Waals surface area (Å²) in [5.74, 6) is -0.813. The van der Waals surface area contributed by atoms with Crippen LogP contribution in [0, 0.1) is 6.92 Å². The first-order valence-electron chi connectivity index (χ1n) is 8.62. The van der Waals surface area contributed by atoms with Crippen molar-refractivity contribution in [2.75, 3.05) is 5.75 Å². The van der Waals surface area contributed by atoms with Gasteiger partial charge in [-0.1, -0.05) is 77.8 Å². The van der Waals surface area contributed by atoms with E-state index in [0.717, 1.165) is 9.87 Å². The molecule has 0 aromatic heterocycles. The number of para-hydroxylation sites is 1. The number of hydrogen-bond donors (Lipinski definition) is 0. The lowest BCUT2D eigenvalue weighted by Crippen LogP contribution is -2.51. The fraction of sp³-hybridized carbons (Fsp3) is 0.316. The number of hydrogen-bond acceptors (Lipinski definition) is 5. The fourth-order valence-electron chi connectivity index (χ4n) is 3.68. The van der Waals surface area contributed by atoms with Gasteiger partial charge in [0.25, 0.3) is 21.0 Å². The molecule has 2 aliphatic rings. The van der Waals surface area contributed by atoms with E-state index in [0.29, 0.717) is 17.1 Å². The lowest BCUT2D eigenvalue weighted by molar-refractivity contribution is -0.127. The number of halogens is 2. The summed E-state index contributed by atoms with van der Waals surface area (Å²) in [6.07, 6.45) is 0. The quantitative estimate of drug-likeness (QED) is 0.640. The minimum absolute atomic E-state index is 0.0214. The number of carbonyl (C=O) groups is 1. The van der Waals surface area contributed by atoms with Gasteiger partial charge in [-0.3, -0.25) is 4.79 Å². The highest BCUT2D eigenvalue weighted by Gasteiger charge is 2.75. The van der Waals surface area contributed by atoms with E-state index >= 15 is 0 Å². The lowest BCUT2D eigenvalue weighted by Gasteiger charge is -2.35. The minimum Gasteiger partial charge on any atom is -0.456 e. The summed E-state index contributed by atoms with van der Waals surface area (Å²) in [7, 11) is -4.26. The predicted octanol–water partition coefficient (Wildman–Crippen LogP) is 4.28. The summed E-state index contributed by atoms with van der Waals surface area (Å²) < 4.78 is 31.9. The predicted molar refractivity (Wildman–Crippen MR) is 110 cm³/mol. The zero-order chi connectivity index (χ0) is 20.3. The number of fused-ring (bicyclic) bond motifs is 3. The van der Waals surface area contributed by atoms with Gasteiger partial charge in [0, 0.05) is 5.56 Å². The van der Waals surface area contributed by atoms with Crippen molar-refractivity contribution >= 4 is 50.9 Å². The monoisotopic (exact) mass is 457 g/mol. The zero-order valence-electron chi connectivity index (χ0n) is 15.1. The van der Waals surface area contributed by atoms with Gasteiger partial charge in [0.15, 0.2) is 0 Å². The Hall–Kier alpha value is -1.41. The van der Waals surface area contributed by atoms with Crippen molar-refractivity contribution in [2.24, 2.45) is 0 Å². The molecule has 0 radical (unpaired) electrons. The second-order valence-electron chi connectivity index (χ2n) is 6.65. The van der Waals surface area contributed by atoms with Gasteiger partial charge < -0.3 is 4.74 Å². The van der Waals surface area contributed by atoms with Crippen LogP contribution in [0.1, 0.15) is 24.0 Å². The van der Waals surface area contributed by atoms with Gasteiger partial charge in [0.05, 0.1) is 4.90 Å². The molecule has 0 bridgehead atoms. The van der Waals surface area contributed by atoms with Crippen molar-refractivity contribution in [3.8, 4) is 5.75 Å². The number of benzene rings is 2. The second-order valence-corrected chi connectivity index (χ2v) is 11.3. The van der Waals surface area contributed by atoms with Gasteiger partial charge in [-0.25, -0.2) is 8.42 Å². The molecule has 1 amide bonds. The van der Waals surface area contributed by atoms with Gasteiger partial charge in [0.2, 0.25) is 4.33 Å². The molecule has 2 heterocycles. The number of amides is 1. The van der Waals surface area contributed by atoms with Gasteiger partial charge in [-0.2, -0.15) is 4.31 Å². The third kappa shape index (κ3) is 2.60. The first kappa shape index (κ1) is 19.9. The first-order valence-corrected chi connectivity index (χ1v) is 11.8. The van der Waals surface area contributed by atoms with Crippen LogP contribution >= 0.6 is 35.0 Å². The van der Waals surface area contributed by atoms with Crippen LogP contribution in [-0.4, -0.2) is 33.8 Å². The van der Waals surface area contributed by atoms with Crippen LogP contribution in [0.25, 0.3) is 0 Å². The fourth-order valence-corrected chi connectivity index (χ4v) is 7.82. The molecular weight excluding hydrogens is 441 g/mol. The van der Waals surface area contributed by atoms with Crippen molar-refractivity contribution < 1.29 is 17.9 Å². The SMILES string of the molecule is CCS[C@@]12Oc3ccccc3[C@@H]1C(Cl)(Cl)C(=O)N2S(=O)(=O)c1ccc(C)cc1. The Bertz CT molecular complexity index is 1060. The highest BCUT2D eigenvalue weighted by atomic mass is 35.5. The maximum absolute atomic E-state index is 13.5. The number of aryl methyl sites for hydroxylation is 1. The number of alkyl halides is 2. The number of ether oxygens (including phenoxy) is 1. The third-order valence-corrected chi connectivity index (χ3v) is 8.74. The Morgan fingerprint density at radius 1 is 1.14 bits per heavy atom. The third-order valence-electron chi connectivity index (χ3n) is 4.88. The van der Waals surface area contributed by atoms with Gasteiger partial charge in [0.1, 0.15) is 11.7 Å². The van der Waals surface area contributed by atoms with Crippen LogP contribution in [0.2, 0.25) is 0 Å². The smallest absolute Gasteiger partial charge is 0.277 e. The van der Waals surface area contributed by atoms with Crippen LogP contribution in [0.4, 0.5) is 0 Å². The molecular formula is C19H17Cl2NO4S2. The Morgan fingerprint density at radius 2 is 1.79 bits per heavy atom. The number of nitrogens with zero attached hydrogens (tertiary/aromatic N) is 1. The number of rotatable bonds is 4. The molecule has 0 unspecified atom stereocenters. The van der Waals surface area contributed by atoms with Crippen molar-refractivity contribution in [1.29, 1.82) is 0 Å². The average molecular weight is 458 g/mol. The summed E-state index contributed by atoms with van der Waals surface area (Å²) in [5.41, 5.74) is 1.51. The van der Waals surface area contributed by atoms with Gasteiger partial charge >= 0.3 is 0 Å².